The predicted octanol–water partition coefficient (Wildman–Crippen LogP) is 3.66. The van der Waals surface area contributed by atoms with Crippen molar-refractivity contribution in [1.29, 1.82) is 0 Å². The SMILES string of the molecule is CCNC1CCN(C2C3(C)CCC(C3)C2(C)C)C(C)C1. The summed E-state index contributed by atoms with van der Waals surface area (Å²) in [6, 6.07) is 2.31. The summed E-state index contributed by atoms with van der Waals surface area (Å²) in [6.45, 7) is 14.8. The molecule has 1 saturated heterocycles. The van der Waals surface area contributed by atoms with Crippen LogP contribution in [-0.4, -0.2) is 36.1 Å². The number of hydrogen-bond donors (Lipinski definition) is 1. The first-order valence-electron chi connectivity index (χ1n) is 8.87. The summed E-state index contributed by atoms with van der Waals surface area (Å²) < 4.78 is 0. The van der Waals surface area contributed by atoms with Crippen LogP contribution >= 0.6 is 0 Å². The van der Waals surface area contributed by atoms with E-state index >= 15 is 0 Å². The fourth-order valence-electron chi connectivity index (χ4n) is 6.15. The highest BCUT2D eigenvalue weighted by Gasteiger charge is 2.61. The quantitative estimate of drug-likeness (QED) is 0.847. The normalized spacial score (nSPS) is 47.9. The minimum absolute atomic E-state index is 0.520. The molecule has 0 aromatic carbocycles. The largest absolute Gasteiger partial charge is 0.314 e. The van der Waals surface area contributed by atoms with Crippen molar-refractivity contribution >= 4 is 0 Å². The van der Waals surface area contributed by atoms with Crippen molar-refractivity contribution in [3.8, 4) is 0 Å². The van der Waals surface area contributed by atoms with Crippen molar-refractivity contribution in [2.24, 2.45) is 16.7 Å². The Morgan fingerprint density at radius 1 is 1.20 bits per heavy atom. The molecule has 2 saturated carbocycles. The number of fused-ring (bicyclic) bond motifs is 2. The molecule has 0 amide bonds. The van der Waals surface area contributed by atoms with Crippen molar-refractivity contribution in [3.63, 3.8) is 0 Å². The molecule has 2 heteroatoms. The number of hydrogen-bond acceptors (Lipinski definition) is 2. The van der Waals surface area contributed by atoms with Gasteiger partial charge < -0.3 is 5.32 Å². The zero-order chi connectivity index (χ0) is 14.5. The van der Waals surface area contributed by atoms with E-state index < -0.39 is 0 Å². The fourth-order valence-corrected chi connectivity index (χ4v) is 6.15. The third-order valence-corrected chi connectivity index (χ3v) is 6.95. The van der Waals surface area contributed by atoms with Gasteiger partial charge in [-0.2, -0.15) is 0 Å². The first-order chi connectivity index (χ1) is 9.38. The number of likely N-dealkylation sites (tertiary alicyclic amines) is 1. The van der Waals surface area contributed by atoms with Crippen molar-refractivity contribution in [2.45, 2.75) is 84.8 Å². The van der Waals surface area contributed by atoms with Gasteiger partial charge in [-0.1, -0.05) is 27.7 Å². The zero-order valence-electron chi connectivity index (χ0n) is 14.2. The van der Waals surface area contributed by atoms with Crippen LogP contribution in [0.1, 0.15) is 66.7 Å². The second kappa shape index (κ2) is 4.98. The monoisotopic (exact) mass is 278 g/mol. The van der Waals surface area contributed by atoms with E-state index in [1.54, 1.807) is 0 Å². The average molecular weight is 278 g/mol. The second-order valence-electron chi connectivity index (χ2n) is 8.68. The minimum atomic E-state index is 0.520. The van der Waals surface area contributed by atoms with Gasteiger partial charge in [-0.05, 0) is 62.3 Å². The number of nitrogens with zero attached hydrogens (tertiary/aromatic N) is 1. The summed E-state index contributed by atoms with van der Waals surface area (Å²) >= 11 is 0. The van der Waals surface area contributed by atoms with Crippen molar-refractivity contribution < 1.29 is 0 Å². The second-order valence-corrected chi connectivity index (χ2v) is 8.68. The molecule has 2 bridgehead atoms. The highest BCUT2D eigenvalue weighted by Crippen LogP contribution is 2.64. The van der Waals surface area contributed by atoms with E-state index in [1.807, 2.05) is 0 Å². The lowest BCUT2D eigenvalue weighted by Gasteiger charge is -2.53. The molecule has 1 N–H and O–H groups in total. The number of piperidine rings is 1. The van der Waals surface area contributed by atoms with Crippen LogP contribution in [0, 0.1) is 16.7 Å². The standard InChI is InChI=1S/C18H34N2/c1-6-19-15-8-10-20(13(2)11-15)16-17(3,4)14-7-9-18(16,5)12-14/h13-16,19H,6-12H2,1-5H3. The molecule has 20 heavy (non-hydrogen) atoms. The molecule has 0 radical (unpaired) electrons. The Morgan fingerprint density at radius 3 is 2.50 bits per heavy atom. The summed E-state index contributed by atoms with van der Waals surface area (Å²) in [6.07, 6.45) is 7.09. The maximum Gasteiger partial charge on any atom is 0.0206 e. The maximum atomic E-state index is 3.66. The van der Waals surface area contributed by atoms with Crippen molar-refractivity contribution in [3.05, 3.63) is 0 Å². The van der Waals surface area contributed by atoms with Crippen LogP contribution in [0.15, 0.2) is 0 Å². The maximum absolute atomic E-state index is 3.66. The van der Waals surface area contributed by atoms with E-state index in [-0.39, 0.29) is 0 Å². The molecule has 3 rings (SSSR count). The zero-order valence-corrected chi connectivity index (χ0v) is 14.2. The average Bonchev–Trinajstić information content (AvgIpc) is 2.83. The Hall–Kier alpha value is -0.0800. The molecule has 2 nitrogen and oxygen atoms in total. The van der Waals surface area contributed by atoms with Gasteiger partial charge in [-0.25, -0.2) is 0 Å². The minimum Gasteiger partial charge on any atom is -0.314 e. The molecule has 1 heterocycles. The van der Waals surface area contributed by atoms with Crippen LogP contribution in [0.25, 0.3) is 0 Å². The van der Waals surface area contributed by atoms with Crippen molar-refractivity contribution in [2.75, 3.05) is 13.1 Å². The van der Waals surface area contributed by atoms with Gasteiger partial charge >= 0.3 is 0 Å². The van der Waals surface area contributed by atoms with E-state index in [0.29, 0.717) is 10.8 Å². The molecule has 0 spiro atoms. The lowest BCUT2D eigenvalue weighted by molar-refractivity contribution is -0.0364. The van der Waals surface area contributed by atoms with Gasteiger partial charge in [0.15, 0.2) is 0 Å². The van der Waals surface area contributed by atoms with Gasteiger partial charge in [0.1, 0.15) is 0 Å². The van der Waals surface area contributed by atoms with Crippen LogP contribution in [0.2, 0.25) is 0 Å². The first kappa shape index (κ1) is 14.8. The summed E-state index contributed by atoms with van der Waals surface area (Å²) in [4.78, 5) is 2.90. The van der Waals surface area contributed by atoms with Gasteiger partial charge in [0.05, 0.1) is 0 Å². The molecule has 3 aliphatic rings. The molecule has 116 valence electrons. The lowest BCUT2D eigenvalue weighted by atomic mass is 9.67. The molecular weight excluding hydrogens is 244 g/mol. The van der Waals surface area contributed by atoms with E-state index in [4.69, 9.17) is 0 Å². The van der Waals surface area contributed by atoms with Crippen LogP contribution in [0.4, 0.5) is 0 Å². The molecule has 5 atom stereocenters. The summed E-state index contributed by atoms with van der Waals surface area (Å²) in [7, 11) is 0. The molecule has 1 aliphatic heterocycles. The van der Waals surface area contributed by atoms with Crippen LogP contribution in [0.3, 0.4) is 0 Å². The molecule has 0 aromatic heterocycles. The summed E-state index contributed by atoms with van der Waals surface area (Å²) in [5.41, 5.74) is 1.11. The van der Waals surface area contributed by atoms with E-state index in [2.05, 4.69) is 44.8 Å². The predicted molar refractivity (Wildman–Crippen MR) is 85.9 cm³/mol. The van der Waals surface area contributed by atoms with Gasteiger partial charge in [-0.3, -0.25) is 4.90 Å². The van der Waals surface area contributed by atoms with E-state index in [1.165, 1.54) is 38.6 Å². The van der Waals surface area contributed by atoms with E-state index in [0.717, 1.165) is 30.6 Å². The molecule has 5 unspecified atom stereocenters. The Bertz CT molecular complexity index is 360. The van der Waals surface area contributed by atoms with Crippen LogP contribution < -0.4 is 5.32 Å². The van der Waals surface area contributed by atoms with Crippen LogP contribution in [0.5, 0.6) is 0 Å². The summed E-state index contributed by atoms with van der Waals surface area (Å²) in [5.74, 6) is 0.969. The van der Waals surface area contributed by atoms with Crippen LogP contribution in [-0.2, 0) is 0 Å². The molecular formula is C18H34N2. The highest BCUT2D eigenvalue weighted by atomic mass is 15.2. The van der Waals surface area contributed by atoms with Gasteiger partial charge in [0.2, 0.25) is 0 Å². The number of nitrogens with one attached hydrogen (secondary N) is 1. The molecule has 2 aliphatic carbocycles. The third-order valence-electron chi connectivity index (χ3n) is 6.95. The topological polar surface area (TPSA) is 15.3 Å². The fraction of sp³-hybridized carbons (Fsp3) is 1.00. The van der Waals surface area contributed by atoms with Crippen molar-refractivity contribution in [1.82, 2.24) is 10.2 Å². The lowest BCUT2D eigenvalue weighted by Crippen LogP contribution is -2.59. The Morgan fingerprint density at radius 2 is 1.95 bits per heavy atom. The Labute approximate surface area is 125 Å². The van der Waals surface area contributed by atoms with E-state index in [9.17, 15) is 0 Å². The Kier molecular flexibility index (Phi) is 3.70. The molecule has 3 fully saturated rings. The highest BCUT2D eigenvalue weighted by molar-refractivity contribution is 5.13. The third kappa shape index (κ3) is 2.14. The number of rotatable bonds is 3. The van der Waals surface area contributed by atoms with Gasteiger partial charge in [0.25, 0.3) is 0 Å². The smallest absolute Gasteiger partial charge is 0.0206 e. The summed E-state index contributed by atoms with van der Waals surface area (Å²) in [5, 5.41) is 3.66. The van der Waals surface area contributed by atoms with Gasteiger partial charge in [-0.15, -0.1) is 0 Å². The Balaban J connectivity index is 1.76. The molecule has 0 aromatic rings. The first-order valence-corrected chi connectivity index (χ1v) is 8.87. The van der Waals surface area contributed by atoms with Gasteiger partial charge in [0, 0.05) is 24.7 Å².